The van der Waals surface area contributed by atoms with Crippen LogP contribution in [0.1, 0.15) is 27.6 Å². The number of pyridine rings is 1. The van der Waals surface area contributed by atoms with Crippen molar-refractivity contribution in [2.24, 2.45) is 0 Å². The van der Waals surface area contributed by atoms with Crippen LogP contribution in [0, 0.1) is 5.82 Å². The molecule has 2 unspecified atom stereocenters. The third-order valence-corrected chi connectivity index (χ3v) is 5.62. The molecule has 9 nitrogen and oxygen atoms in total. The second-order valence-electron chi connectivity index (χ2n) is 8.11. The predicted molar refractivity (Wildman–Crippen MR) is 128 cm³/mol. The third-order valence-electron chi connectivity index (χ3n) is 5.62. The molecule has 3 aromatic rings. The maximum atomic E-state index is 13.7. The molecular formula is C26H25FN4O5. The molecule has 1 aliphatic rings. The number of methoxy groups -OCH3 is 1. The van der Waals surface area contributed by atoms with Gasteiger partial charge in [0.2, 0.25) is 5.91 Å². The standard InChI is InChI=1S/C26H25FN4O5/c1-35-13-12-29-25(33)22-23(36-26(34)31(22)16-17-4-2-6-20(27)14-17)18-7-9-21(10-8-18)30-24(32)19-5-3-11-28-15-19/h2-11,14-15,22-23H,12-13,16H2,1H3,(H,29,33)(H,30,32). The van der Waals surface area contributed by atoms with Gasteiger partial charge in [-0.3, -0.25) is 19.5 Å². The molecule has 0 aliphatic carbocycles. The third kappa shape index (κ3) is 5.84. The molecular weight excluding hydrogens is 467 g/mol. The van der Waals surface area contributed by atoms with Crippen LogP contribution in [-0.2, 0) is 20.8 Å². The number of hydrogen-bond acceptors (Lipinski definition) is 6. The number of nitrogens with one attached hydrogen (secondary N) is 2. The van der Waals surface area contributed by atoms with Gasteiger partial charge in [0, 0.05) is 31.7 Å². The van der Waals surface area contributed by atoms with Crippen LogP contribution in [0.4, 0.5) is 14.9 Å². The summed E-state index contributed by atoms with van der Waals surface area (Å²) in [7, 11) is 1.52. The topological polar surface area (TPSA) is 110 Å². The van der Waals surface area contributed by atoms with Gasteiger partial charge < -0.3 is 20.1 Å². The van der Waals surface area contributed by atoms with E-state index >= 15 is 0 Å². The fourth-order valence-electron chi connectivity index (χ4n) is 3.88. The van der Waals surface area contributed by atoms with E-state index in [9.17, 15) is 18.8 Å². The van der Waals surface area contributed by atoms with Gasteiger partial charge in [-0.1, -0.05) is 24.3 Å². The van der Waals surface area contributed by atoms with Crippen LogP contribution >= 0.6 is 0 Å². The number of amides is 3. The van der Waals surface area contributed by atoms with Crippen molar-refractivity contribution in [1.82, 2.24) is 15.2 Å². The Hall–Kier alpha value is -4.31. The Morgan fingerprint density at radius 3 is 2.64 bits per heavy atom. The van der Waals surface area contributed by atoms with Crippen molar-refractivity contribution in [2.75, 3.05) is 25.6 Å². The Morgan fingerprint density at radius 1 is 1.14 bits per heavy atom. The summed E-state index contributed by atoms with van der Waals surface area (Å²) in [5.74, 6) is -1.19. The van der Waals surface area contributed by atoms with Crippen LogP contribution in [0.5, 0.6) is 0 Å². The first-order valence-corrected chi connectivity index (χ1v) is 11.3. The minimum atomic E-state index is -0.992. The second-order valence-corrected chi connectivity index (χ2v) is 8.11. The van der Waals surface area contributed by atoms with Crippen LogP contribution in [0.25, 0.3) is 0 Å². The molecule has 36 heavy (non-hydrogen) atoms. The van der Waals surface area contributed by atoms with Gasteiger partial charge in [-0.05, 0) is 47.5 Å². The summed E-state index contributed by atoms with van der Waals surface area (Å²) < 4.78 is 24.3. The Labute approximate surface area is 207 Å². The highest BCUT2D eigenvalue weighted by atomic mass is 19.1. The van der Waals surface area contributed by atoms with Crippen LogP contribution in [-0.4, -0.2) is 54.1 Å². The normalized spacial score (nSPS) is 16.9. The Bertz CT molecular complexity index is 1220. The number of nitrogens with zero attached hydrogens (tertiary/aromatic N) is 2. The number of rotatable bonds is 9. The first kappa shape index (κ1) is 24.8. The molecule has 0 bridgehead atoms. The Kier molecular flexibility index (Phi) is 7.86. The highest BCUT2D eigenvalue weighted by Gasteiger charge is 2.46. The molecule has 1 saturated heterocycles. The first-order chi connectivity index (χ1) is 17.5. The smallest absolute Gasteiger partial charge is 0.411 e. The summed E-state index contributed by atoms with van der Waals surface area (Å²) in [6.07, 6.45) is 1.44. The molecule has 186 valence electrons. The number of anilines is 1. The maximum Gasteiger partial charge on any atom is 0.411 e. The van der Waals surface area contributed by atoms with E-state index in [-0.39, 0.29) is 19.0 Å². The fourth-order valence-corrected chi connectivity index (χ4v) is 3.88. The van der Waals surface area contributed by atoms with E-state index in [2.05, 4.69) is 15.6 Å². The molecule has 1 fully saturated rings. The summed E-state index contributed by atoms with van der Waals surface area (Å²) in [5.41, 5.74) is 2.02. The van der Waals surface area contributed by atoms with Crippen LogP contribution in [0.15, 0.2) is 73.1 Å². The fraction of sp³-hybridized carbons (Fsp3) is 0.231. The van der Waals surface area contributed by atoms with E-state index in [4.69, 9.17) is 9.47 Å². The number of hydrogen-bond donors (Lipinski definition) is 2. The van der Waals surface area contributed by atoms with E-state index in [1.807, 2.05) is 0 Å². The van der Waals surface area contributed by atoms with Crippen LogP contribution < -0.4 is 10.6 Å². The summed E-state index contributed by atoms with van der Waals surface area (Å²) >= 11 is 0. The largest absolute Gasteiger partial charge is 0.438 e. The lowest BCUT2D eigenvalue weighted by Crippen LogP contribution is -2.47. The lowest BCUT2D eigenvalue weighted by molar-refractivity contribution is -0.126. The highest BCUT2D eigenvalue weighted by molar-refractivity contribution is 6.04. The van der Waals surface area contributed by atoms with Crippen molar-refractivity contribution in [3.63, 3.8) is 0 Å². The van der Waals surface area contributed by atoms with Crippen molar-refractivity contribution in [2.45, 2.75) is 18.7 Å². The number of benzene rings is 2. The van der Waals surface area contributed by atoms with E-state index in [0.29, 0.717) is 29.0 Å². The minimum absolute atomic E-state index is 0.00525. The quantitative estimate of drug-likeness (QED) is 0.444. The van der Waals surface area contributed by atoms with Gasteiger partial charge in [-0.15, -0.1) is 0 Å². The Balaban J connectivity index is 1.54. The molecule has 0 spiro atoms. The lowest BCUT2D eigenvalue weighted by atomic mass is 10.00. The molecule has 2 N–H and O–H groups in total. The molecule has 2 heterocycles. The van der Waals surface area contributed by atoms with E-state index in [1.165, 1.54) is 36.4 Å². The molecule has 1 aromatic heterocycles. The van der Waals surface area contributed by atoms with Crippen molar-refractivity contribution in [1.29, 1.82) is 0 Å². The molecule has 2 atom stereocenters. The van der Waals surface area contributed by atoms with Crippen molar-refractivity contribution in [3.05, 3.63) is 95.6 Å². The number of halogens is 1. The Morgan fingerprint density at radius 2 is 1.94 bits per heavy atom. The number of carbonyl (C=O) groups excluding carboxylic acids is 3. The van der Waals surface area contributed by atoms with E-state index in [0.717, 1.165) is 0 Å². The summed E-state index contributed by atoms with van der Waals surface area (Å²) in [4.78, 5) is 43.5. The average molecular weight is 493 g/mol. The van der Waals surface area contributed by atoms with Gasteiger partial charge in [-0.25, -0.2) is 9.18 Å². The first-order valence-electron chi connectivity index (χ1n) is 11.3. The highest BCUT2D eigenvalue weighted by Crippen LogP contribution is 2.34. The number of aromatic nitrogens is 1. The number of carbonyl (C=O) groups is 3. The molecule has 10 heteroatoms. The summed E-state index contributed by atoms with van der Waals surface area (Å²) in [6, 6.07) is 14.8. The summed E-state index contributed by atoms with van der Waals surface area (Å²) in [6.45, 7) is 0.543. The van der Waals surface area contributed by atoms with Crippen molar-refractivity contribution in [3.8, 4) is 0 Å². The van der Waals surface area contributed by atoms with Crippen LogP contribution in [0.3, 0.4) is 0 Å². The van der Waals surface area contributed by atoms with E-state index < -0.39 is 30.0 Å². The molecule has 4 rings (SSSR count). The lowest BCUT2D eigenvalue weighted by Gasteiger charge is -2.24. The van der Waals surface area contributed by atoms with Gasteiger partial charge in [0.15, 0.2) is 12.1 Å². The van der Waals surface area contributed by atoms with E-state index in [1.54, 1.807) is 48.7 Å². The van der Waals surface area contributed by atoms with Gasteiger partial charge in [0.05, 0.1) is 18.7 Å². The molecule has 3 amide bonds. The van der Waals surface area contributed by atoms with Gasteiger partial charge >= 0.3 is 6.09 Å². The second kappa shape index (κ2) is 11.4. The number of cyclic esters (lactones) is 1. The van der Waals surface area contributed by atoms with Crippen molar-refractivity contribution >= 4 is 23.6 Å². The van der Waals surface area contributed by atoms with Gasteiger partial charge in [0.1, 0.15) is 5.82 Å². The molecule has 1 aliphatic heterocycles. The molecule has 0 saturated carbocycles. The van der Waals surface area contributed by atoms with Crippen molar-refractivity contribution < 1.29 is 28.2 Å². The zero-order chi connectivity index (χ0) is 25.5. The molecule has 0 radical (unpaired) electrons. The molecule has 2 aromatic carbocycles. The zero-order valence-corrected chi connectivity index (χ0v) is 19.5. The minimum Gasteiger partial charge on any atom is -0.438 e. The summed E-state index contributed by atoms with van der Waals surface area (Å²) in [5, 5.41) is 5.53. The zero-order valence-electron chi connectivity index (χ0n) is 19.5. The predicted octanol–water partition coefficient (Wildman–Crippen LogP) is 3.30. The monoisotopic (exact) mass is 492 g/mol. The van der Waals surface area contributed by atoms with Gasteiger partial charge in [0.25, 0.3) is 5.91 Å². The van der Waals surface area contributed by atoms with Gasteiger partial charge in [-0.2, -0.15) is 0 Å². The maximum absolute atomic E-state index is 13.7. The SMILES string of the molecule is COCCNC(=O)C1C(c2ccc(NC(=O)c3cccnc3)cc2)OC(=O)N1Cc1cccc(F)c1. The average Bonchev–Trinajstić information content (AvgIpc) is 3.21. The van der Waals surface area contributed by atoms with Crippen LogP contribution in [0.2, 0.25) is 0 Å². The number of ether oxygens (including phenoxy) is 2.